The minimum absolute atomic E-state index is 0.00451. The first-order chi connectivity index (χ1) is 31.7. The topological polar surface area (TPSA) is 217 Å². The number of thiophene rings is 2. The number of aryl methyl sites for hydroxylation is 4. The molecule has 4 aliphatic heterocycles. The van der Waals surface area contributed by atoms with Crippen LogP contribution in [-0.2, 0) is 38.1 Å². The van der Waals surface area contributed by atoms with Gasteiger partial charge in [0.05, 0.1) is 13.1 Å². The van der Waals surface area contributed by atoms with E-state index in [1.54, 1.807) is 22.7 Å². The lowest BCUT2D eigenvalue weighted by Crippen LogP contribution is -2.45. The molecule has 0 bridgehead atoms. The predicted octanol–water partition coefficient (Wildman–Crippen LogP) is 5.58. The van der Waals surface area contributed by atoms with Crippen molar-refractivity contribution in [2.75, 3.05) is 52.7 Å². The number of nitrogens with zero attached hydrogens (tertiary/aromatic N) is 2. The van der Waals surface area contributed by atoms with Crippen LogP contribution in [0, 0.1) is 27.7 Å². The Morgan fingerprint density at radius 3 is 1.18 bits per heavy atom. The van der Waals surface area contributed by atoms with Crippen molar-refractivity contribution < 1.29 is 76.3 Å². The Labute approximate surface area is 385 Å². The Bertz CT molecular complexity index is 2420. The van der Waals surface area contributed by atoms with Gasteiger partial charge in [-0.15, -0.1) is 22.7 Å². The van der Waals surface area contributed by atoms with Gasteiger partial charge in [-0.1, -0.05) is 0 Å². The summed E-state index contributed by atoms with van der Waals surface area (Å²) in [6, 6.07) is 5.61. The maximum Gasteiger partial charge on any atom is 0.305 e. The van der Waals surface area contributed by atoms with Crippen LogP contribution < -0.4 is 18.9 Å². The van der Waals surface area contributed by atoms with Crippen LogP contribution in [0.2, 0.25) is 0 Å². The normalized spacial score (nSPS) is 17.0. The molecule has 0 fully saturated rings. The van der Waals surface area contributed by atoms with Gasteiger partial charge in [0, 0.05) is 78.2 Å². The number of hydrogen-bond donors (Lipinski definition) is 0. The third-order valence-electron chi connectivity index (χ3n) is 11.3. The van der Waals surface area contributed by atoms with Crippen LogP contribution in [0.3, 0.4) is 0 Å². The molecule has 0 spiro atoms. The summed E-state index contributed by atoms with van der Waals surface area (Å²) in [5, 5.41) is 0.327. The molecule has 0 N–H and O–H groups in total. The van der Waals surface area contributed by atoms with E-state index in [0.717, 1.165) is 29.3 Å². The van der Waals surface area contributed by atoms with Crippen molar-refractivity contribution in [1.82, 2.24) is 9.80 Å². The number of fused-ring (bicyclic) bond motifs is 2. The molecule has 4 amide bonds. The highest BCUT2D eigenvalue weighted by atomic mass is 32.1. The Morgan fingerprint density at radius 2 is 0.833 bits per heavy atom. The zero-order valence-electron chi connectivity index (χ0n) is 36.6. The van der Waals surface area contributed by atoms with Crippen molar-refractivity contribution in [2.45, 2.75) is 78.4 Å². The SMILES string of the molecule is Cc1sc(C)c2c1OCC(COC(=O)CCCC(=O)OCCN1C(=O)c3ccc4c5c(ccc(c35)C1=O)C(=O)N(CCOC(=O)CCCC(=O)OCC1COc3c(C)sc(C)c3O1)C4=O)O2. The number of carbonyl (C=O) groups is 8. The second-order valence-electron chi connectivity index (χ2n) is 16.0. The fourth-order valence-corrected chi connectivity index (χ4v) is 9.98. The smallest absolute Gasteiger partial charge is 0.305 e. The largest absolute Gasteiger partial charge is 0.485 e. The van der Waals surface area contributed by atoms with Crippen LogP contribution in [-0.4, -0.2) is 122 Å². The molecule has 66 heavy (non-hydrogen) atoms. The van der Waals surface area contributed by atoms with Gasteiger partial charge in [-0.3, -0.25) is 48.2 Å². The van der Waals surface area contributed by atoms with Gasteiger partial charge in [-0.05, 0) is 64.8 Å². The van der Waals surface area contributed by atoms with Crippen LogP contribution in [0.4, 0.5) is 0 Å². The molecule has 2 atom stereocenters. The van der Waals surface area contributed by atoms with Crippen molar-refractivity contribution in [3.05, 3.63) is 66.0 Å². The van der Waals surface area contributed by atoms with Gasteiger partial charge in [0.25, 0.3) is 23.6 Å². The van der Waals surface area contributed by atoms with Crippen LogP contribution in [0.25, 0.3) is 10.8 Å². The number of amides is 4. The highest BCUT2D eigenvalue weighted by Crippen LogP contribution is 2.45. The first-order valence-corrected chi connectivity index (χ1v) is 23.1. The van der Waals surface area contributed by atoms with Gasteiger partial charge in [-0.2, -0.15) is 0 Å². The number of ether oxygens (including phenoxy) is 8. The summed E-state index contributed by atoms with van der Waals surface area (Å²) >= 11 is 3.13. The summed E-state index contributed by atoms with van der Waals surface area (Å²) in [4.78, 5) is 110. The van der Waals surface area contributed by atoms with E-state index in [1.807, 2.05) is 27.7 Å². The third-order valence-corrected chi connectivity index (χ3v) is 13.3. The van der Waals surface area contributed by atoms with E-state index in [2.05, 4.69) is 0 Å². The van der Waals surface area contributed by atoms with E-state index in [-0.39, 0.29) is 124 Å². The molecule has 20 heteroatoms. The first kappa shape index (κ1) is 46.0. The minimum Gasteiger partial charge on any atom is -0.485 e. The molecule has 0 saturated heterocycles. The number of benzene rings is 2. The zero-order chi connectivity index (χ0) is 46.8. The molecule has 6 heterocycles. The van der Waals surface area contributed by atoms with Gasteiger partial charge < -0.3 is 37.9 Å². The average Bonchev–Trinajstić information content (AvgIpc) is 3.75. The number of hydrogen-bond acceptors (Lipinski definition) is 18. The second-order valence-corrected chi connectivity index (χ2v) is 18.8. The summed E-state index contributed by atoms with van der Waals surface area (Å²) in [5.74, 6) is -2.31. The van der Waals surface area contributed by atoms with Gasteiger partial charge in [0.1, 0.15) is 39.6 Å². The second kappa shape index (κ2) is 19.5. The third kappa shape index (κ3) is 9.42. The molecule has 348 valence electrons. The number of esters is 4. The lowest BCUT2D eigenvalue weighted by atomic mass is 9.86. The molecule has 2 unspecified atom stereocenters. The van der Waals surface area contributed by atoms with E-state index in [0.29, 0.717) is 23.0 Å². The fourth-order valence-electron chi connectivity index (χ4n) is 8.11. The van der Waals surface area contributed by atoms with E-state index in [1.165, 1.54) is 24.3 Å². The average molecular weight is 947 g/mol. The Hall–Kier alpha value is -6.54. The van der Waals surface area contributed by atoms with E-state index >= 15 is 0 Å². The van der Waals surface area contributed by atoms with Crippen LogP contribution in [0.15, 0.2) is 24.3 Å². The van der Waals surface area contributed by atoms with Crippen molar-refractivity contribution in [1.29, 1.82) is 0 Å². The standard InChI is InChI=1S/C46H46N2O16S2/c1-23-39-41(25(3)65-23)63-27(21-61-39)19-59-35(51)9-5-7-33(49)57-17-15-47-43(53)29-11-13-31-38-32(14-12-30(37(29)38)44(47)54)46(56)48(45(31)55)16-18-58-34(50)8-6-10-36(52)60-20-28-22-62-40-24(2)66-26(4)42(40)64-28/h11-14,27-28H,5-10,15-22H2,1-4H3. The highest BCUT2D eigenvalue weighted by molar-refractivity contribution is 7.12. The Balaban J connectivity index is 0.753. The number of imide groups is 2. The lowest BCUT2D eigenvalue weighted by Gasteiger charge is -2.31. The van der Waals surface area contributed by atoms with Crippen LogP contribution >= 0.6 is 22.7 Å². The monoisotopic (exact) mass is 946 g/mol. The molecule has 4 aliphatic rings. The van der Waals surface area contributed by atoms with Crippen molar-refractivity contribution in [2.24, 2.45) is 0 Å². The van der Waals surface area contributed by atoms with Crippen LogP contribution in [0.1, 0.15) is 99.5 Å². The lowest BCUT2D eigenvalue weighted by molar-refractivity contribution is -0.149. The van der Waals surface area contributed by atoms with E-state index in [9.17, 15) is 38.4 Å². The molecule has 0 saturated carbocycles. The number of carbonyl (C=O) groups excluding carboxylic acids is 8. The molecule has 8 rings (SSSR count). The molecule has 4 aromatic rings. The molecule has 0 aliphatic carbocycles. The summed E-state index contributed by atoms with van der Waals surface area (Å²) in [6.45, 7) is 7.09. The summed E-state index contributed by atoms with van der Waals surface area (Å²) in [5.41, 5.74) is 0.357. The molecule has 2 aromatic carbocycles. The highest BCUT2D eigenvalue weighted by Gasteiger charge is 2.40. The van der Waals surface area contributed by atoms with Gasteiger partial charge >= 0.3 is 23.9 Å². The molecule has 18 nitrogen and oxygen atoms in total. The minimum atomic E-state index is -0.694. The van der Waals surface area contributed by atoms with Crippen molar-refractivity contribution in [3.8, 4) is 23.0 Å². The molecular formula is C46H46N2O16S2. The van der Waals surface area contributed by atoms with Crippen molar-refractivity contribution in [3.63, 3.8) is 0 Å². The van der Waals surface area contributed by atoms with Crippen molar-refractivity contribution >= 4 is 81.0 Å². The fraction of sp³-hybridized carbons (Fsp3) is 0.435. The van der Waals surface area contributed by atoms with Crippen LogP contribution in [0.5, 0.6) is 23.0 Å². The van der Waals surface area contributed by atoms with E-state index in [4.69, 9.17) is 37.9 Å². The summed E-state index contributed by atoms with van der Waals surface area (Å²) in [6.07, 6.45) is -0.885. The Kier molecular flexibility index (Phi) is 13.6. The number of rotatable bonds is 18. The van der Waals surface area contributed by atoms with E-state index < -0.39 is 59.7 Å². The van der Waals surface area contributed by atoms with Gasteiger partial charge in [0.15, 0.2) is 35.2 Å². The van der Waals surface area contributed by atoms with Gasteiger partial charge in [0.2, 0.25) is 0 Å². The predicted molar refractivity (Wildman–Crippen MR) is 234 cm³/mol. The van der Waals surface area contributed by atoms with Gasteiger partial charge in [-0.25, -0.2) is 0 Å². The maximum atomic E-state index is 13.6. The Morgan fingerprint density at radius 1 is 0.515 bits per heavy atom. The molecule has 2 aromatic heterocycles. The summed E-state index contributed by atoms with van der Waals surface area (Å²) < 4.78 is 44.6. The molecular weight excluding hydrogens is 901 g/mol. The summed E-state index contributed by atoms with van der Waals surface area (Å²) in [7, 11) is 0. The first-order valence-electron chi connectivity index (χ1n) is 21.4. The quantitative estimate of drug-likeness (QED) is 0.0676. The molecule has 0 radical (unpaired) electrons. The maximum absolute atomic E-state index is 13.6. The zero-order valence-corrected chi connectivity index (χ0v) is 38.2.